The number of allylic oxidation sites excluding steroid dienone is 4. The number of hydrogen-bond donors (Lipinski definition) is 0. The fraction of sp³-hybridized carbons (Fsp3) is 0.556. The first-order chi connectivity index (χ1) is 6.01. The lowest BCUT2D eigenvalue weighted by atomic mass is 9.84. The predicted molar refractivity (Wildman–Crippen MR) is 60.5 cm³/mol. The highest BCUT2D eigenvalue weighted by Crippen LogP contribution is 2.56. The van der Waals surface area contributed by atoms with E-state index in [0.29, 0.717) is 20.1 Å². The van der Waals surface area contributed by atoms with Crippen LogP contribution in [0.15, 0.2) is 20.1 Å². The van der Waals surface area contributed by atoms with E-state index in [1.54, 1.807) is 0 Å². The van der Waals surface area contributed by atoms with Crippen molar-refractivity contribution in [2.75, 3.05) is 0 Å². The van der Waals surface area contributed by atoms with E-state index >= 15 is 0 Å². The van der Waals surface area contributed by atoms with Gasteiger partial charge in [-0.1, -0.05) is 60.3 Å². The smallest absolute Gasteiger partial charge is 0.0759 e. The van der Waals surface area contributed by atoms with Crippen molar-refractivity contribution in [3.05, 3.63) is 20.1 Å². The monoisotopic (exact) mass is 258 g/mol. The van der Waals surface area contributed by atoms with Crippen molar-refractivity contribution in [3.8, 4) is 0 Å². The van der Waals surface area contributed by atoms with E-state index in [0.717, 1.165) is 12.8 Å². The molecule has 0 saturated heterocycles. The summed E-state index contributed by atoms with van der Waals surface area (Å²) in [6.07, 6.45) is 1.63. The molecule has 0 spiro atoms. The van der Waals surface area contributed by atoms with E-state index in [2.05, 4.69) is 0 Å². The molecule has 0 bridgehead atoms. The van der Waals surface area contributed by atoms with Crippen molar-refractivity contribution in [2.24, 2.45) is 5.41 Å². The molecule has 0 unspecified atom stereocenters. The van der Waals surface area contributed by atoms with Gasteiger partial charge in [0.25, 0.3) is 0 Å². The molecule has 0 aromatic rings. The van der Waals surface area contributed by atoms with Gasteiger partial charge in [-0.2, -0.15) is 0 Å². The first-order valence-electron chi connectivity index (χ1n) is 4.13. The SMILES string of the molecule is CCC1(CC)C(Cl)=C(Cl)C(Cl)=C1Cl. The maximum atomic E-state index is 6.11. The van der Waals surface area contributed by atoms with Gasteiger partial charge in [-0.15, -0.1) is 0 Å². The Kier molecular flexibility index (Phi) is 3.62. The summed E-state index contributed by atoms with van der Waals surface area (Å²) >= 11 is 24.1. The molecule has 1 aliphatic carbocycles. The van der Waals surface area contributed by atoms with Crippen LogP contribution in [-0.2, 0) is 0 Å². The van der Waals surface area contributed by atoms with Gasteiger partial charge in [0.15, 0.2) is 0 Å². The van der Waals surface area contributed by atoms with Gasteiger partial charge in [0.1, 0.15) is 0 Å². The Bertz CT molecular complexity index is 258. The van der Waals surface area contributed by atoms with E-state index in [-0.39, 0.29) is 5.41 Å². The predicted octanol–water partition coefficient (Wildman–Crippen LogP) is 5.18. The Morgan fingerprint density at radius 2 is 1.15 bits per heavy atom. The third-order valence-electron chi connectivity index (χ3n) is 2.63. The topological polar surface area (TPSA) is 0 Å². The summed E-state index contributed by atoms with van der Waals surface area (Å²) in [5.41, 5.74) is -0.336. The summed E-state index contributed by atoms with van der Waals surface area (Å²) in [6, 6.07) is 0. The third-order valence-corrected chi connectivity index (χ3v) is 4.77. The second-order valence-electron chi connectivity index (χ2n) is 3.05. The molecule has 0 amide bonds. The van der Waals surface area contributed by atoms with Crippen LogP contribution in [0.2, 0.25) is 0 Å². The molecule has 4 heteroatoms. The van der Waals surface area contributed by atoms with Crippen LogP contribution in [0, 0.1) is 5.41 Å². The molecule has 0 nitrogen and oxygen atoms in total. The van der Waals surface area contributed by atoms with E-state index in [1.165, 1.54) is 0 Å². The summed E-state index contributed by atoms with van der Waals surface area (Å²) in [7, 11) is 0. The zero-order chi connectivity index (χ0) is 10.2. The van der Waals surface area contributed by atoms with E-state index in [1.807, 2.05) is 13.8 Å². The number of halogens is 4. The first kappa shape index (κ1) is 11.7. The van der Waals surface area contributed by atoms with Gasteiger partial charge in [-0.3, -0.25) is 0 Å². The van der Waals surface area contributed by atoms with Crippen LogP contribution < -0.4 is 0 Å². The molecule has 1 rings (SSSR count). The molecule has 0 atom stereocenters. The van der Waals surface area contributed by atoms with Crippen LogP contribution in [0.5, 0.6) is 0 Å². The van der Waals surface area contributed by atoms with Crippen molar-refractivity contribution >= 4 is 46.4 Å². The normalized spacial score (nSPS) is 21.7. The largest absolute Gasteiger partial charge is 0.0864 e. The fourth-order valence-corrected chi connectivity index (χ4v) is 3.19. The van der Waals surface area contributed by atoms with Crippen molar-refractivity contribution < 1.29 is 0 Å². The summed E-state index contributed by atoms with van der Waals surface area (Å²) in [6.45, 7) is 4.04. The minimum atomic E-state index is -0.336. The zero-order valence-corrected chi connectivity index (χ0v) is 10.4. The maximum absolute atomic E-state index is 6.11. The second-order valence-corrected chi connectivity index (χ2v) is 4.56. The van der Waals surface area contributed by atoms with E-state index in [9.17, 15) is 0 Å². The van der Waals surface area contributed by atoms with E-state index in [4.69, 9.17) is 46.4 Å². The molecule has 0 radical (unpaired) electrons. The van der Waals surface area contributed by atoms with Crippen LogP contribution in [0.25, 0.3) is 0 Å². The molecule has 0 aromatic carbocycles. The molecule has 0 heterocycles. The Hall–Kier alpha value is 0.640. The van der Waals surface area contributed by atoms with Crippen molar-refractivity contribution in [1.82, 2.24) is 0 Å². The lowest BCUT2D eigenvalue weighted by molar-refractivity contribution is 0.442. The number of rotatable bonds is 2. The van der Waals surface area contributed by atoms with Crippen LogP contribution in [0.3, 0.4) is 0 Å². The quantitative estimate of drug-likeness (QED) is 0.641. The minimum absolute atomic E-state index is 0.336. The molecule has 0 saturated carbocycles. The Balaban J connectivity index is 3.28. The maximum Gasteiger partial charge on any atom is 0.0759 e. The minimum Gasteiger partial charge on any atom is -0.0864 e. The number of hydrogen-bond acceptors (Lipinski definition) is 0. The van der Waals surface area contributed by atoms with Gasteiger partial charge < -0.3 is 0 Å². The highest BCUT2D eigenvalue weighted by atomic mass is 35.5. The molecule has 0 N–H and O–H groups in total. The molecular formula is C9H10Cl4. The van der Waals surface area contributed by atoms with Gasteiger partial charge >= 0.3 is 0 Å². The summed E-state index contributed by atoms with van der Waals surface area (Å²) < 4.78 is 0. The molecule has 0 aliphatic heterocycles. The van der Waals surface area contributed by atoms with Gasteiger partial charge in [0.2, 0.25) is 0 Å². The standard InChI is InChI=1S/C9H10Cl4/c1-3-9(4-2)7(12)5(10)6(11)8(9)13/h3-4H2,1-2H3. The Labute approximate surface area is 98.5 Å². The first-order valence-corrected chi connectivity index (χ1v) is 5.64. The van der Waals surface area contributed by atoms with Gasteiger partial charge in [0.05, 0.1) is 10.1 Å². The summed E-state index contributed by atoms with van der Waals surface area (Å²) in [5, 5.41) is 1.96. The molecule has 74 valence electrons. The van der Waals surface area contributed by atoms with Gasteiger partial charge in [0, 0.05) is 15.5 Å². The van der Waals surface area contributed by atoms with Crippen LogP contribution >= 0.6 is 46.4 Å². The van der Waals surface area contributed by atoms with Crippen LogP contribution in [0.4, 0.5) is 0 Å². The van der Waals surface area contributed by atoms with Crippen LogP contribution in [0.1, 0.15) is 26.7 Å². The molecule has 13 heavy (non-hydrogen) atoms. The highest BCUT2D eigenvalue weighted by molar-refractivity contribution is 6.53. The zero-order valence-electron chi connectivity index (χ0n) is 7.43. The van der Waals surface area contributed by atoms with Crippen molar-refractivity contribution in [1.29, 1.82) is 0 Å². The third kappa shape index (κ3) is 1.52. The average molecular weight is 260 g/mol. The van der Waals surface area contributed by atoms with Gasteiger partial charge in [-0.05, 0) is 12.8 Å². The van der Waals surface area contributed by atoms with E-state index < -0.39 is 0 Å². The second kappa shape index (κ2) is 4.02. The fourth-order valence-electron chi connectivity index (χ4n) is 1.58. The average Bonchev–Trinajstić information content (AvgIpc) is 2.31. The molecular weight excluding hydrogens is 250 g/mol. The van der Waals surface area contributed by atoms with Crippen molar-refractivity contribution in [2.45, 2.75) is 26.7 Å². The van der Waals surface area contributed by atoms with Crippen molar-refractivity contribution in [3.63, 3.8) is 0 Å². The summed E-state index contributed by atoms with van der Waals surface area (Å²) in [4.78, 5) is 0. The summed E-state index contributed by atoms with van der Waals surface area (Å²) in [5.74, 6) is 0. The van der Waals surface area contributed by atoms with Crippen LogP contribution in [-0.4, -0.2) is 0 Å². The lowest BCUT2D eigenvalue weighted by Gasteiger charge is -2.27. The Morgan fingerprint density at radius 3 is 1.31 bits per heavy atom. The Morgan fingerprint density at radius 1 is 0.846 bits per heavy atom. The molecule has 0 fully saturated rings. The van der Waals surface area contributed by atoms with Gasteiger partial charge in [-0.25, -0.2) is 0 Å². The molecule has 0 aromatic heterocycles. The lowest BCUT2D eigenvalue weighted by Crippen LogP contribution is -2.17. The highest BCUT2D eigenvalue weighted by Gasteiger charge is 2.42. The molecule has 1 aliphatic rings.